The third-order valence-corrected chi connectivity index (χ3v) is 3.10. The second kappa shape index (κ2) is 6.30. The van der Waals surface area contributed by atoms with Crippen molar-refractivity contribution in [2.24, 2.45) is 0 Å². The van der Waals surface area contributed by atoms with Crippen LogP contribution < -0.4 is 10.5 Å². The highest BCUT2D eigenvalue weighted by molar-refractivity contribution is 6.33. The highest BCUT2D eigenvalue weighted by Gasteiger charge is 2.09. The van der Waals surface area contributed by atoms with Crippen LogP contribution in [0, 0.1) is 0 Å². The van der Waals surface area contributed by atoms with E-state index in [4.69, 9.17) is 26.8 Å². The van der Waals surface area contributed by atoms with Gasteiger partial charge in [-0.15, -0.1) is 0 Å². The maximum Gasteiger partial charge on any atom is 0.338 e. The number of rotatable bonds is 4. The summed E-state index contributed by atoms with van der Waals surface area (Å²) in [6.45, 7) is 0.186. The number of anilines is 1. The first-order chi connectivity index (χ1) is 9.60. The van der Waals surface area contributed by atoms with Gasteiger partial charge in [0.2, 0.25) is 0 Å². The second-order valence-corrected chi connectivity index (χ2v) is 4.57. The molecule has 104 valence electrons. The predicted octanol–water partition coefficient (Wildman–Crippen LogP) is 3.29. The molecule has 0 atom stereocenters. The normalized spacial score (nSPS) is 10.1. The lowest BCUT2D eigenvalue weighted by molar-refractivity contribution is 0.0473. The molecule has 0 spiro atoms. The summed E-state index contributed by atoms with van der Waals surface area (Å²) in [5, 5.41) is 0.414. The Kier molecular flexibility index (Phi) is 4.48. The summed E-state index contributed by atoms with van der Waals surface area (Å²) in [4.78, 5) is 11.9. The summed E-state index contributed by atoms with van der Waals surface area (Å²) in [6.07, 6.45) is 0. The number of nitrogen functional groups attached to an aromatic ring is 1. The highest BCUT2D eigenvalue weighted by atomic mass is 35.5. The topological polar surface area (TPSA) is 61.5 Å². The molecule has 0 amide bonds. The van der Waals surface area contributed by atoms with Crippen molar-refractivity contribution in [2.75, 3.05) is 12.8 Å². The third kappa shape index (κ3) is 3.42. The first kappa shape index (κ1) is 14.2. The number of esters is 1. The van der Waals surface area contributed by atoms with Crippen LogP contribution in [0.4, 0.5) is 5.69 Å². The summed E-state index contributed by atoms with van der Waals surface area (Å²) in [5.74, 6) is 0.315. The molecule has 0 saturated heterocycles. The average Bonchev–Trinajstić information content (AvgIpc) is 2.48. The van der Waals surface area contributed by atoms with Crippen LogP contribution in [0.15, 0.2) is 42.5 Å². The second-order valence-electron chi connectivity index (χ2n) is 4.16. The minimum atomic E-state index is -0.441. The number of benzene rings is 2. The Hall–Kier alpha value is -2.20. The van der Waals surface area contributed by atoms with Gasteiger partial charge in [-0.25, -0.2) is 4.79 Å². The summed E-state index contributed by atoms with van der Waals surface area (Å²) in [7, 11) is 1.60. The fourth-order valence-corrected chi connectivity index (χ4v) is 1.74. The van der Waals surface area contributed by atoms with Crippen molar-refractivity contribution in [3.63, 3.8) is 0 Å². The lowest BCUT2D eigenvalue weighted by Gasteiger charge is -2.07. The van der Waals surface area contributed by atoms with E-state index in [1.807, 2.05) is 24.3 Å². The minimum Gasteiger partial charge on any atom is -0.497 e. The van der Waals surface area contributed by atoms with Crippen LogP contribution in [0.1, 0.15) is 15.9 Å². The molecular formula is C15H14ClNO3. The van der Waals surface area contributed by atoms with Crippen molar-refractivity contribution in [1.82, 2.24) is 0 Å². The van der Waals surface area contributed by atoms with Gasteiger partial charge in [0, 0.05) is 0 Å². The molecule has 0 aliphatic carbocycles. The Bertz CT molecular complexity index is 611. The molecule has 0 saturated carbocycles. The van der Waals surface area contributed by atoms with Crippen molar-refractivity contribution >= 4 is 23.3 Å². The summed E-state index contributed by atoms with van der Waals surface area (Å²) < 4.78 is 10.3. The molecule has 0 aliphatic rings. The van der Waals surface area contributed by atoms with Crippen molar-refractivity contribution < 1.29 is 14.3 Å². The summed E-state index contributed by atoms with van der Waals surface area (Å²) >= 11 is 5.80. The van der Waals surface area contributed by atoms with Crippen LogP contribution in [0.5, 0.6) is 5.75 Å². The van der Waals surface area contributed by atoms with Gasteiger partial charge in [-0.1, -0.05) is 23.7 Å². The standard InChI is InChI=1S/C15H14ClNO3/c1-19-12-5-2-10(3-6-12)9-20-15(18)11-4-7-13(16)14(17)8-11/h2-8H,9,17H2,1H3. The number of nitrogens with two attached hydrogens (primary N) is 1. The summed E-state index contributed by atoms with van der Waals surface area (Å²) in [6, 6.07) is 11.9. The average molecular weight is 292 g/mol. The van der Waals surface area contributed by atoms with Gasteiger partial charge < -0.3 is 15.2 Å². The molecule has 0 fully saturated rings. The molecule has 5 heteroatoms. The Morgan fingerprint density at radius 1 is 1.20 bits per heavy atom. The van der Waals surface area contributed by atoms with Crippen molar-refractivity contribution in [2.45, 2.75) is 6.61 Å². The Balaban J connectivity index is 1.98. The van der Waals surface area contributed by atoms with Crippen LogP contribution in [0.25, 0.3) is 0 Å². The number of hydrogen-bond donors (Lipinski definition) is 1. The third-order valence-electron chi connectivity index (χ3n) is 2.76. The molecule has 2 aromatic carbocycles. The van der Waals surface area contributed by atoms with Crippen LogP contribution >= 0.6 is 11.6 Å². The van der Waals surface area contributed by atoms with Crippen molar-refractivity contribution in [3.8, 4) is 5.75 Å². The Labute approximate surface area is 122 Å². The Morgan fingerprint density at radius 2 is 1.90 bits per heavy atom. The Morgan fingerprint density at radius 3 is 2.50 bits per heavy atom. The zero-order valence-corrected chi connectivity index (χ0v) is 11.7. The maximum atomic E-state index is 11.9. The largest absolute Gasteiger partial charge is 0.497 e. The van der Waals surface area contributed by atoms with Crippen LogP contribution in [0.3, 0.4) is 0 Å². The summed E-state index contributed by atoms with van der Waals surface area (Å²) in [5.41, 5.74) is 7.25. The van der Waals surface area contributed by atoms with E-state index in [2.05, 4.69) is 0 Å². The molecule has 2 rings (SSSR count). The van der Waals surface area contributed by atoms with Gasteiger partial charge in [0.25, 0.3) is 0 Å². The van der Waals surface area contributed by atoms with Crippen LogP contribution in [0.2, 0.25) is 5.02 Å². The molecular weight excluding hydrogens is 278 g/mol. The molecule has 0 heterocycles. The number of halogens is 1. The smallest absolute Gasteiger partial charge is 0.338 e. The van der Waals surface area contributed by atoms with Gasteiger partial charge in [-0.05, 0) is 35.9 Å². The number of ether oxygens (including phenoxy) is 2. The first-order valence-electron chi connectivity index (χ1n) is 5.95. The lowest BCUT2D eigenvalue weighted by atomic mass is 10.2. The van der Waals surface area contributed by atoms with E-state index >= 15 is 0 Å². The van der Waals surface area contributed by atoms with Gasteiger partial charge in [0.1, 0.15) is 12.4 Å². The maximum absolute atomic E-state index is 11.9. The number of hydrogen-bond acceptors (Lipinski definition) is 4. The molecule has 0 aliphatic heterocycles. The lowest BCUT2D eigenvalue weighted by Crippen LogP contribution is -2.06. The van der Waals surface area contributed by atoms with Gasteiger partial charge in [0.05, 0.1) is 23.4 Å². The predicted molar refractivity (Wildman–Crippen MR) is 78.0 cm³/mol. The molecule has 0 radical (unpaired) electrons. The monoisotopic (exact) mass is 291 g/mol. The van der Waals surface area contributed by atoms with Gasteiger partial charge >= 0.3 is 5.97 Å². The molecule has 0 bridgehead atoms. The van der Waals surface area contributed by atoms with E-state index in [1.165, 1.54) is 6.07 Å². The zero-order valence-electron chi connectivity index (χ0n) is 10.9. The molecule has 4 nitrogen and oxygen atoms in total. The molecule has 0 unspecified atom stereocenters. The van der Waals surface area contributed by atoms with Gasteiger partial charge in [-0.3, -0.25) is 0 Å². The van der Waals surface area contributed by atoms with E-state index < -0.39 is 5.97 Å². The number of carbonyl (C=O) groups is 1. The SMILES string of the molecule is COc1ccc(COC(=O)c2ccc(Cl)c(N)c2)cc1. The highest BCUT2D eigenvalue weighted by Crippen LogP contribution is 2.20. The van der Waals surface area contributed by atoms with Crippen LogP contribution in [-0.4, -0.2) is 13.1 Å². The van der Waals surface area contributed by atoms with E-state index in [1.54, 1.807) is 19.2 Å². The van der Waals surface area contributed by atoms with Gasteiger partial charge in [-0.2, -0.15) is 0 Å². The molecule has 2 aromatic rings. The van der Waals surface area contributed by atoms with E-state index in [0.29, 0.717) is 16.3 Å². The quantitative estimate of drug-likeness (QED) is 0.693. The zero-order chi connectivity index (χ0) is 14.5. The van der Waals surface area contributed by atoms with Crippen LogP contribution in [-0.2, 0) is 11.3 Å². The first-order valence-corrected chi connectivity index (χ1v) is 6.33. The molecule has 20 heavy (non-hydrogen) atoms. The van der Waals surface area contributed by atoms with Crippen molar-refractivity contribution in [1.29, 1.82) is 0 Å². The van der Waals surface area contributed by atoms with E-state index in [-0.39, 0.29) is 6.61 Å². The fourth-order valence-electron chi connectivity index (χ4n) is 1.62. The van der Waals surface area contributed by atoms with E-state index in [0.717, 1.165) is 11.3 Å². The number of carbonyl (C=O) groups excluding carboxylic acids is 1. The number of methoxy groups -OCH3 is 1. The molecule has 0 aromatic heterocycles. The minimum absolute atomic E-state index is 0.186. The fraction of sp³-hybridized carbons (Fsp3) is 0.133. The van der Waals surface area contributed by atoms with Gasteiger partial charge in [0.15, 0.2) is 0 Å². The van der Waals surface area contributed by atoms with Crippen molar-refractivity contribution in [3.05, 3.63) is 58.6 Å². The molecule has 2 N–H and O–H groups in total. The van der Waals surface area contributed by atoms with E-state index in [9.17, 15) is 4.79 Å².